The first-order valence-corrected chi connectivity index (χ1v) is 8.91. The van der Waals surface area contributed by atoms with Gasteiger partial charge in [-0.1, -0.05) is 18.9 Å². The number of ether oxygens (including phenoxy) is 2. The summed E-state index contributed by atoms with van der Waals surface area (Å²) in [4.78, 5) is 16.6. The van der Waals surface area contributed by atoms with Gasteiger partial charge in [-0.2, -0.15) is 0 Å². The molecule has 0 saturated heterocycles. The van der Waals surface area contributed by atoms with E-state index in [0.29, 0.717) is 29.8 Å². The molecule has 138 valence electrons. The molecule has 1 aliphatic carbocycles. The lowest BCUT2D eigenvalue weighted by molar-refractivity contribution is 0.0946. The van der Waals surface area contributed by atoms with Gasteiger partial charge in [0, 0.05) is 12.6 Å². The summed E-state index contributed by atoms with van der Waals surface area (Å²) in [5.74, 6) is 1.10. The van der Waals surface area contributed by atoms with Crippen molar-refractivity contribution in [2.45, 2.75) is 38.3 Å². The van der Waals surface area contributed by atoms with Crippen LogP contribution in [0.4, 0.5) is 5.69 Å². The third kappa shape index (κ3) is 4.45. The summed E-state index contributed by atoms with van der Waals surface area (Å²) in [6, 6.07) is 9.76. The molecule has 1 saturated carbocycles. The minimum atomic E-state index is -0.202. The Balaban J connectivity index is 1.56. The maximum atomic E-state index is 12.3. The zero-order valence-electron chi connectivity index (χ0n) is 15.2. The first kappa shape index (κ1) is 18.0. The molecule has 1 heterocycles. The molecule has 1 fully saturated rings. The van der Waals surface area contributed by atoms with Crippen LogP contribution in [0.3, 0.4) is 0 Å². The van der Waals surface area contributed by atoms with Gasteiger partial charge >= 0.3 is 0 Å². The highest BCUT2D eigenvalue weighted by Crippen LogP contribution is 2.27. The summed E-state index contributed by atoms with van der Waals surface area (Å²) in [5.41, 5.74) is 2.30. The minimum absolute atomic E-state index is 0.202. The van der Waals surface area contributed by atoms with Crippen LogP contribution in [-0.2, 0) is 6.54 Å². The molecule has 1 aromatic heterocycles. The number of amides is 1. The zero-order valence-corrected chi connectivity index (χ0v) is 15.2. The van der Waals surface area contributed by atoms with Gasteiger partial charge in [0.25, 0.3) is 5.91 Å². The Labute approximate surface area is 153 Å². The Morgan fingerprint density at radius 1 is 1.12 bits per heavy atom. The molecule has 6 heteroatoms. The van der Waals surface area contributed by atoms with Crippen LogP contribution < -0.4 is 20.1 Å². The molecular formula is C20H25N3O3. The van der Waals surface area contributed by atoms with Gasteiger partial charge in [-0.05, 0) is 42.7 Å². The van der Waals surface area contributed by atoms with Gasteiger partial charge < -0.3 is 20.1 Å². The van der Waals surface area contributed by atoms with Crippen LogP contribution in [0.2, 0.25) is 0 Å². The lowest BCUT2D eigenvalue weighted by atomic mass is 10.2. The van der Waals surface area contributed by atoms with E-state index in [0.717, 1.165) is 11.3 Å². The Hall–Kier alpha value is -2.76. The molecule has 0 radical (unpaired) electrons. The summed E-state index contributed by atoms with van der Waals surface area (Å²) in [6.07, 6.45) is 6.69. The van der Waals surface area contributed by atoms with Crippen LogP contribution in [0, 0.1) is 0 Å². The fraction of sp³-hybridized carbons (Fsp3) is 0.400. The van der Waals surface area contributed by atoms with Gasteiger partial charge in [-0.25, -0.2) is 4.98 Å². The minimum Gasteiger partial charge on any atom is -0.493 e. The first-order valence-electron chi connectivity index (χ1n) is 8.91. The second-order valence-corrected chi connectivity index (χ2v) is 6.43. The van der Waals surface area contributed by atoms with E-state index in [9.17, 15) is 4.79 Å². The number of anilines is 1. The highest BCUT2D eigenvalue weighted by molar-refractivity contribution is 5.92. The van der Waals surface area contributed by atoms with Crippen molar-refractivity contribution in [3.05, 3.63) is 47.8 Å². The molecule has 0 atom stereocenters. The van der Waals surface area contributed by atoms with Crippen molar-refractivity contribution < 1.29 is 14.3 Å². The number of methoxy groups -OCH3 is 2. The molecule has 0 spiro atoms. The second kappa shape index (κ2) is 8.56. The predicted octanol–water partition coefficient (Wildman–Crippen LogP) is 3.38. The third-order valence-electron chi connectivity index (χ3n) is 4.62. The van der Waals surface area contributed by atoms with Gasteiger partial charge in [0.15, 0.2) is 11.5 Å². The normalized spacial score (nSPS) is 14.1. The number of benzene rings is 1. The van der Waals surface area contributed by atoms with Crippen molar-refractivity contribution in [2.75, 3.05) is 19.5 Å². The number of carbonyl (C=O) groups excluding carboxylic acids is 1. The van der Waals surface area contributed by atoms with Crippen molar-refractivity contribution in [1.29, 1.82) is 0 Å². The molecule has 2 aromatic rings. The van der Waals surface area contributed by atoms with E-state index >= 15 is 0 Å². The number of hydrogen-bond donors (Lipinski definition) is 2. The average molecular weight is 355 g/mol. The Bertz CT molecular complexity index is 740. The summed E-state index contributed by atoms with van der Waals surface area (Å²) in [6.45, 7) is 0.392. The molecule has 6 nitrogen and oxygen atoms in total. The number of nitrogens with one attached hydrogen (secondary N) is 2. The summed E-state index contributed by atoms with van der Waals surface area (Å²) < 4.78 is 10.5. The fourth-order valence-electron chi connectivity index (χ4n) is 3.18. The van der Waals surface area contributed by atoms with E-state index in [1.165, 1.54) is 25.7 Å². The number of aromatic nitrogens is 1. The molecule has 0 aliphatic heterocycles. The van der Waals surface area contributed by atoms with Crippen LogP contribution in [0.15, 0.2) is 36.5 Å². The zero-order chi connectivity index (χ0) is 18.4. The molecular weight excluding hydrogens is 330 g/mol. The van der Waals surface area contributed by atoms with Crippen LogP contribution in [0.1, 0.15) is 41.7 Å². The maximum Gasteiger partial charge on any atom is 0.270 e. The van der Waals surface area contributed by atoms with Crippen LogP contribution in [0.5, 0.6) is 11.5 Å². The molecule has 1 amide bonds. The van der Waals surface area contributed by atoms with Gasteiger partial charge in [0.2, 0.25) is 0 Å². The second-order valence-electron chi connectivity index (χ2n) is 6.43. The van der Waals surface area contributed by atoms with Gasteiger partial charge in [-0.15, -0.1) is 0 Å². The molecule has 2 N–H and O–H groups in total. The van der Waals surface area contributed by atoms with Gasteiger partial charge in [0.05, 0.1) is 26.1 Å². The molecule has 0 unspecified atom stereocenters. The maximum absolute atomic E-state index is 12.3. The standard InChI is InChI=1S/C20H25N3O3/c1-25-18-10-7-14(11-19(18)26-2)12-22-20(24)17-9-8-16(13-21-17)23-15-5-3-4-6-15/h7-11,13,15,23H,3-6,12H2,1-2H3,(H,22,24). The van der Waals surface area contributed by atoms with Gasteiger partial charge in [0.1, 0.15) is 5.69 Å². The number of nitrogens with zero attached hydrogens (tertiary/aromatic N) is 1. The summed E-state index contributed by atoms with van der Waals surface area (Å²) >= 11 is 0. The van der Waals surface area contributed by atoms with E-state index < -0.39 is 0 Å². The lowest BCUT2D eigenvalue weighted by Gasteiger charge is -2.13. The third-order valence-corrected chi connectivity index (χ3v) is 4.62. The van der Waals surface area contributed by atoms with E-state index in [1.807, 2.05) is 24.3 Å². The molecule has 1 aliphatic rings. The van der Waals surface area contributed by atoms with Crippen molar-refractivity contribution in [2.24, 2.45) is 0 Å². The van der Waals surface area contributed by atoms with Crippen molar-refractivity contribution in [3.63, 3.8) is 0 Å². The van der Waals surface area contributed by atoms with Crippen molar-refractivity contribution in [3.8, 4) is 11.5 Å². The van der Waals surface area contributed by atoms with Crippen molar-refractivity contribution in [1.82, 2.24) is 10.3 Å². The largest absolute Gasteiger partial charge is 0.493 e. The average Bonchev–Trinajstić information content (AvgIpc) is 3.19. The molecule has 26 heavy (non-hydrogen) atoms. The molecule has 3 rings (SSSR count). The fourth-order valence-corrected chi connectivity index (χ4v) is 3.18. The highest BCUT2D eigenvalue weighted by Gasteiger charge is 2.15. The number of rotatable bonds is 7. The summed E-state index contributed by atoms with van der Waals surface area (Å²) in [7, 11) is 3.18. The Morgan fingerprint density at radius 2 is 1.88 bits per heavy atom. The van der Waals surface area contributed by atoms with Gasteiger partial charge in [-0.3, -0.25) is 4.79 Å². The number of carbonyl (C=O) groups is 1. The predicted molar refractivity (Wildman–Crippen MR) is 101 cm³/mol. The molecule has 1 aromatic carbocycles. The van der Waals surface area contributed by atoms with Crippen LogP contribution in [-0.4, -0.2) is 31.2 Å². The lowest BCUT2D eigenvalue weighted by Crippen LogP contribution is -2.24. The monoisotopic (exact) mass is 355 g/mol. The van der Waals surface area contributed by atoms with E-state index in [-0.39, 0.29) is 5.91 Å². The Morgan fingerprint density at radius 3 is 2.54 bits per heavy atom. The number of pyridine rings is 1. The Kier molecular flexibility index (Phi) is 5.94. The van der Waals surface area contributed by atoms with E-state index in [1.54, 1.807) is 26.5 Å². The SMILES string of the molecule is COc1ccc(CNC(=O)c2ccc(NC3CCCC3)cn2)cc1OC. The quantitative estimate of drug-likeness (QED) is 0.796. The van der Waals surface area contributed by atoms with E-state index in [2.05, 4.69) is 15.6 Å². The smallest absolute Gasteiger partial charge is 0.270 e. The van der Waals surface area contributed by atoms with E-state index in [4.69, 9.17) is 9.47 Å². The number of hydrogen-bond acceptors (Lipinski definition) is 5. The summed E-state index contributed by atoms with van der Waals surface area (Å²) in [5, 5.41) is 6.35. The molecule has 0 bridgehead atoms. The first-order chi connectivity index (χ1) is 12.7. The van der Waals surface area contributed by atoms with Crippen molar-refractivity contribution >= 4 is 11.6 Å². The topological polar surface area (TPSA) is 72.5 Å². The van der Waals surface area contributed by atoms with Crippen LogP contribution >= 0.6 is 0 Å². The highest BCUT2D eigenvalue weighted by atomic mass is 16.5. The van der Waals surface area contributed by atoms with Crippen LogP contribution in [0.25, 0.3) is 0 Å².